The summed E-state index contributed by atoms with van der Waals surface area (Å²) >= 11 is 0. The Morgan fingerprint density at radius 2 is 1.33 bits per heavy atom. The molecule has 0 N–H and O–H groups in total. The number of rotatable bonds is 8. The molecule has 2 aromatic carbocycles. The molecule has 2 aliphatic heterocycles. The third-order valence-corrected chi connectivity index (χ3v) is 6.33. The zero-order valence-corrected chi connectivity index (χ0v) is 18.6. The largest absolute Gasteiger partial charge is 0.497 e. The van der Waals surface area contributed by atoms with E-state index in [0.29, 0.717) is 0 Å². The third kappa shape index (κ3) is 4.23. The molecule has 0 unspecified atom stereocenters. The normalized spacial score (nSPS) is 15.1. The van der Waals surface area contributed by atoms with Crippen LogP contribution in [0.5, 0.6) is 23.0 Å². The van der Waals surface area contributed by atoms with Crippen molar-refractivity contribution in [3.05, 3.63) is 46.5 Å². The maximum absolute atomic E-state index is 6.24. The standard InChI is InChI=1S/C26H34O4/c1-4-5-6-11-22(23-16-20(27-2)14-18-9-7-12-29-25(18)23)24-17-21(28-3)15-19-10-8-13-30-26(19)24/h14-17,22H,4-13H2,1-3H3. The first-order valence-corrected chi connectivity index (χ1v) is 11.4. The summed E-state index contributed by atoms with van der Waals surface area (Å²) in [5.74, 6) is 4.12. The van der Waals surface area contributed by atoms with Crippen LogP contribution in [0, 0.1) is 0 Å². The second kappa shape index (κ2) is 9.63. The first-order chi connectivity index (χ1) is 14.7. The SMILES string of the molecule is CCCCCC(c1cc(OC)cc2c1OCCC2)c1cc(OC)cc2c1OCCC2. The maximum Gasteiger partial charge on any atom is 0.126 e. The molecule has 0 aromatic heterocycles. The van der Waals surface area contributed by atoms with Crippen molar-refractivity contribution < 1.29 is 18.9 Å². The number of fused-ring (bicyclic) bond motifs is 2. The number of methoxy groups -OCH3 is 2. The topological polar surface area (TPSA) is 36.9 Å². The van der Waals surface area contributed by atoms with Crippen molar-refractivity contribution in [1.82, 2.24) is 0 Å². The first kappa shape index (κ1) is 20.9. The average Bonchev–Trinajstić information content (AvgIpc) is 2.80. The minimum Gasteiger partial charge on any atom is -0.497 e. The van der Waals surface area contributed by atoms with Crippen molar-refractivity contribution in [3.8, 4) is 23.0 Å². The van der Waals surface area contributed by atoms with Gasteiger partial charge in [0.1, 0.15) is 23.0 Å². The zero-order valence-electron chi connectivity index (χ0n) is 18.6. The van der Waals surface area contributed by atoms with Crippen molar-refractivity contribution in [2.75, 3.05) is 27.4 Å². The van der Waals surface area contributed by atoms with E-state index in [0.717, 1.165) is 68.3 Å². The van der Waals surface area contributed by atoms with E-state index in [9.17, 15) is 0 Å². The van der Waals surface area contributed by atoms with Gasteiger partial charge in [0.25, 0.3) is 0 Å². The van der Waals surface area contributed by atoms with E-state index >= 15 is 0 Å². The fraction of sp³-hybridized carbons (Fsp3) is 0.538. The summed E-state index contributed by atoms with van der Waals surface area (Å²) in [5, 5.41) is 0. The Hall–Kier alpha value is -2.36. The van der Waals surface area contributed by atoms with Gasteiger partial charge in [0, 0.05) is 17.0 Å². The predicted molar refractivity (Wildman–Crippen MR) is 120 cm³/mol. The van der Waals surface area contributed by atoms with Gasteiger partial charge in [-0.2, -0.15) is 0 Å². The van der Waals surface area contributed by atoms with Crippen LogP contribution in [-0.4, -0.2) is 27.4 Å². The highest BCUT2D eigenvalue weighted by Crippen LogP contribution is 2.47. The molecule has 162 valence electrons. The second-order valence-corrected chi connectivity index (χ2v) is 8.36. The van der Waals surface area contributed by atoms with Crippen molar-refractivity contribution in [1.29, 1.82) is 0 Å². The van der Waals surface area contributed by atoms with Gasteiger partial charge in [-0.1, -0.05) is 26.2 Å². The number of unbranched alkanes of at least 4 members (excludes halogenated alkanes) is 2. The molecule has 0 amide bonds. The van der Waals surface area contributed by atoms with Gasteiger partial charge in [-0.05, 0) is 67.5 Å². The highest BCUT2D eigenvalue weighted by atomic mass is 16.5. The molecule has 4 nitrogen and oxygen atoms in total. The van der Waals surface area contributed by atoms with Gasteiger partial charge in [0.05, 0.1) is 27.4 Å². The van der Waals surface area contributed by atoms with Crippen LogP contribution in [0.25, 0.3) is 0 Å². The second-order valence-electron chi connectivity index (χ2n) is 8.36. The molecular formula is C26H34O4. The Bertz CT molecular complexity index is 806. The molecule has 0 aliphatic carbocycles. The van der Waals surface area contributed by atoms with E-state index in [2.05, 4.69) is 31.2 Å². The van der Waals surface area contributed by atoms with E-state index in [1.54, 1.807) is 14.2 Å². The van der Waals surface area contributed by atoms with E-state index < -0.39 is 0 Å². The van der Waals surface area contributed by atoms with Gasteiger partial charge < -0.3 is 18.9 Å². The van der Waals surface area contributed by atoms with Crippen LogP contribution in [0.15, 0.2) is 24.3 Å². The molecule has 0 fully saturated rings. The summed E-state index contributed by atoms with van der Waals surface area (Å²) in [7, 11) is 3.50. The lowest BCUT2D eigenvalue weighted by molar-refractivity contribution is 0.276. The van der Waals surface area contributed by atoms with Gasteiger partial charge in [-0.3, -0.25) is 0 Å². The molecule has 4 heteroatoms. The molecule has 2 aliphatic rings. The molecule has 2 heterocycles. The Balaban J connectivity index is 1.86. The average molecular weight is 411 g/mol. The number of aryl methyl sites for hydroxylation is 2. The number of hydrogen-bond donors (Lipinski definition) is 0. The van der Waals surface area contributed by atoms with Crippen LogP contribution in [0.4, 0.5) is 0 Å². The lowest BCUT2D eigenvalue weighted by Crippen LogP contribution is -2.16. The van der Waals surface area contributed by atoms with Crippen LogP contribution in [0.2, 0.25) is 0 Å². The fourth-order valence-electron chi connectivity index (χ4n) is 4.79. The van der Waals surface area contributed by atoms with Gasteiger partial charge >= 0.3 is 0 Å². The summed E-state index contributed by atoms with van der Waals surface area (Å²) in [5.41, 5.74) is 4.97. The Labute approximate surface area is 180 Å². The molecule has 0 spiro atoms. The number of hydrogen-bond acceptors (Lipinski definition) is 4. The third-order valence-electron chi connectivity index (χ3n) is 6.33. The molecular weight excluding hydrogens is 376 g/mol. The van der Waals surface area contributed by atoms with Crippen LogP contribution in [0.1, 0.15) is 73.6 Å². The van der Waals surface area contributed by atoms with Crippen molar-refractivity contribution in [2.24, 2.45) is 0 Å². The molecule has 0 bridgehead atoms. The first-order valence-electron chi connectivity index (χ1n) is 11.4. The van der Waals surface area contributed by atoms with Gasteiger partial charge in [-0.25, -0.2) is 0 Å². The van der Waals surface area contributed by atoms with Gasteiger partial charge in [0.2, 0.25) is 0 Å². The Morgan fingerprint density at radius 1 is 0.800 bits per heavy atom. The highest BCUT2D eigenvalue weighted by molar-refractivity contribution is 5.57. The van der Waals surface area contributed by atoms with Crippen molar-refractivity contribution >= 4 is 0 Å². The summed E-state index contributed by atoms with van der Waals surface area (Å²) in [6.07, 6.45) is 8.82. The van der Waals surface area contributed by atoms with E-state index in [-0.39, 0.29) is 5.92 Å². The molecule has 4 rings (SSSR count). The fourth-order valence-corrected chi connectivity index (χ4v) is 4.79. The van der Waals surface area contributed by atoms with E-state index in [4.69, 9.17) is 18.9 Å². The predicted octanol–water partition coefficient (Wildman–Crippen LogP) is 6.07. The highest BCUT2D eigenvalue weighted by Gasteiger charge is 2.29. The van der Waals surface area contributed by atoms with Crippen LogP contribution >= 0.6 is 0 Å². The molecule has 0 saturated heterocycles. The summed E-state index contributed by atoms with van der Waals surface area (Å²) < 4.78 is 23.8. The van der Waals surface area contributed by atoms with Crippen LogP contribution < -0.4 is 18.9 Å². The van der Waals surface area contributed by atoms with Crippen molar-refractivity contribution in [3.63, 3.8) is 0 Å². The van der Waals surface area contributed by atoms with E-state index in [1.165, 1.54) is 41.5 Å². The Kier molecular flexibility index (Phi) is 6.71. The zero-order chi connectivity index (χ0) is 20.9. The molecule has 0 saturated carbocycles. The van der Waals surface area contributed by atoms with Crippen LogP contribution in [0.3, 0.4) is 0 Å². The number of benzene rings is 2. The lowest BCUT2D eigenvalue weighted by Gasteiger charge is -2.30. The Morgan fingerprint density at radius 3 is 1.80 bits per heavy atom. The molecule has 2 aromatic rings. The van der Waals surface area contributed by atoms with Gasteiger partial charge in [-0.15, -0.1) is 0 Å². The molecule has 30 heavy (non-hydrogen) atoms. The summed E-state index contributed by atoms with van der Waals surface area (Å²) in [6, 6.07) is 8.63. The quantitative estimate of drug-likeness (QED) is 0.495. The van der Waals surface area contributed by atoms with E-state index in [1.807, 2.05) is 0 Å². The summed E-state index contributed by atoms with van der Waals surface area (Å²) in [4.78, 5) is 0. The minimum absolute atomic E-state index is 0.195. The van der Waals surface area contributed by atoms with Crippen molar-refractivity contribution in [2.45, 2.75) is 64.2 Å². The monoisotopic (exact) mass is 410 g/mol. The smallest absolute Gasteiger partial charge is 0.126 e. The summed E-state index contributed by atoms with van der Waals surface area (Å²) in [6.45, 7) is 3.81. The lowest BCUT2D eigenvalue weighted by atomic mass is 9.82. The van der Waals surface area contributed by atoms with Crippen LogP contribution in [-0.2, 0) is 12.8 Å². The minimum atomic E-state index is 0.195. The maximum atomic E-state index is 6.24. The molecule has 0 atom stereocenters. The number of ether oxygens (including phenoxy) is 4. The molecule has 0 radical (unpaired) electrons. The van der Waals surface area contributed by atoms with Gasteiger partial charge in [0.15, 0.2) is 0 Å².